The minimum absolute atomic E-state index is 0.0760. The van der Waals surface area contributed by atoms with E-state index in [4.69, 9.17) is 4.74 Å². The first kappa shape index (κ1) is 15.9. The van der Waals surface area contributed by atoms with Gasteiger partial charge >= 0.3 is 0 Å². The Morgan fingerprint density at radius 1 is 1.19 bits per heavy atom. The van der Waals surface area contributed by atoms with Crippen LogP contribution in [0.4, 0.5) is 5.69 Å². The molecule has 0 aromatic heterocycles. The van der Waals surface area contributed by atoms with Crippen molar-refractivity contribution < 1.29 is 14.8 Å². The van der Waals surface area contributed by atoms with Crippen molar-refractivity contribution >= 4 is 37.5 Å². The van der Waals surface area contributed by atoms with Crippen LogP contribution in [-0.2, 0) is 0 Å². The molecule has 0 aliphatic rings. The molecule has 0 saturated heterocycles. The van der Waals surface area contributed by atoms with Gasteiger partial charge in [0.2, 0.25) is 0 Å². The predicted octanol–water partition coefficient (Wildman–Crippen LogP) is 4.97. The van der Waals surface area contributed by atoms with Crippen LogP contribution in [0.1, 0.15) is 18.6 Å². The molecule has 2 rings (SSSR count). The van der Waals surface area contributed by atoms with Crippen LogP contribution < -0.4 is 4.74 Å². The SMILES string of the molecule is CC(O)c1ccc(Br)cc1Oc1cc(Br)cc([N+](=O)[O-])c1. The van der Waals surface area contributed by atoms with Gasteiger partial charge in [0.25, 0.3) is 5.69 Å². The molecule has 2 aromatic rings. The number of aliphatic hydroxyl groups is 1. The number of rotatable bonds is 4. The monoisotopic (exact) mass is 415 g/mol. The summed E-state index contributed by atoms with van der Waals surface area (Å²) in [6, 6.07) is 9.57. The number of nitrogens with zero attached hydrogens (tertiary/aromatic N) is 1. The van der Waals surface area contributed by atoms with Gasteiger partial charge in [-0.2, -0.15) is 0 Å². The molecule has 0 amide bonds. The van der Waals surface area contributed by atoms with Crippen molar-refractivity contribution in [3.63, 3.8) is 0 Å². The summed E-state index contributed by atoms with van der Waals surface area (Å²) >= 11 is 6.55. The fourth-order valence-corrected chi connectivity index (χ4v) is 2.58. The number of nitro benzene ring substituents is 1. The number of benzene rings is 2. The molecule has 1 N–H and O–H groups in total. The Morgan fingerprint density at radius 2 is 1.90 bits per heavy atom. The quantitative estimate of drug-likeness (QED) is 0.564. The lowest BCUT2D eigenvalue weighted by Gasteiger charge is -2.13. The molecule has 110 valence electrons. The summed E-state index contributed by atoms with van der Waals surface area (Å²) in [5.74, 6) is 0.753. The van der Waals surface area contributed by atoms with E-state index in [0.29, 0.717) is 21.5 Å². The first-order valence-corrected chi connectivity index (χ1v) is 7.56. The smallest absolute Gasteiger partial charge is 0.274 e. The Bertz CT molecular complexity index is 689. The van der Waals surface area contributed by atoms with E-state index in [1.165, 1.54) is 12.1 Å². The van der Waals surface area contributed by atoms with Crippen molar-refractivity contribution in [2.24, 2.45) is 0 Å². The molecule has 2 aromatic carbocycles. The highest BCUT2D eigenvalue weighted by Crippen LogP contribution is 2.35. The van der Waals surface area contributed by atoms with Gasteiger partial charge in [0.1, 0.15) is 11.5 Å². The summed E-state index contributed by atoms with van der Waals surface area (Å²) in [6.07, 6.45) is -0.713. The van der Waals surface area contributed by atoms with E-state index in [2.05, 4.69) is 31.9 Å². The van der Waals surface area contributed by atoms with Crippen molar-refractivity contribution in [3.8, 4) is 11.5 Å². The highest BCUT2D eigenvalue weighted by atomic mass is 79.9. The molecule has 0 aliphatic carbocycles. The Hall–Kier alpha value is -1.44. The van der Waals surface area contributed by atoms with Crippen molar-refractivity contribution in [2.45, 2.75) is 13.0 Å². The van der Waals surface area contributed by atoms with Crippen LogP contribution >= 0.6 is 31.9 Å². The molecule has 7 heteroatoms. The van der Waals surface area contributed by atoms with Gasteiger partial charge in [-0.05, 0) is 25.1 Å². The number of aliphatic hydroxyl groups excluding tert-OH is 1. The maximum Gasteiger partial charge on any atom is 0.274 e. The van der Waals surface area contributed by atoms with Crippen LogP contribution in [0, 0.1) is 10.1 Å². The van der Waals surface area contributed by atoms with Crippen molar-refractivity contribution in [3.05, 3.63) is 61.0 Å². The molecule has 0 heterocycles. The largest absolute Gasteiger partial charge is 0.457 e. The highest BCUT2D eigenvalue weighted by molar-refractivity contribution is 9.10. The molecule has 1 atom stereocenters. The normalized spacial score (nSPS) is 12.0. The topological polar surface area (TPSA) is 72.6 Å². The third-order valence-electron chi connectivity index (χ3n) is 2.72. The molecular formula is C14H11Br2NO4. The zero-order chi connectivity index (χ0) is 15.6. The van der Waals surface area contributed by atoms with Gasteiger partial charge < -0.3 is 9.84 Å². The third kappa shape index (κ3) is 4.03. The molecule has 0 bridgehead atoms. The maximum atomic E-state index is 10.9. The molecule has 1 unspecified atom stereocenters. The lowest BCUT2D eigenvalue weighted by atomic mass is 10.1. The van der Waals surface area contributed by atoms with Crippen molar-refractivity contribution in [1.82, 2.24) is 0 Å². The van der Waals surface area contributed by atoms with Crippen LogP contribution in [0.3, 0.4) is 0 Å². The first-order chi connectivity index (χ1) is 9.86. The first-order valence-electron chi connectivity index (χ1n) is 5.97. The van der Waals surface area contributed by atoms with Gasteiger partial charge in [0, 0.05) is 20.6 Å². The zero-order valence-corrected chi connectivity index (χ0v) is 14.1. The lowest BCUT2D eigenvalue weighted by Crippen LogP contribution is -1.97. The lowest BCUT2D eigenvalue weighted by molar-refractivity contribution is -0.385. The van der Waals surface area contributed by atoms with Gasteiger partial charge in [0.05, 0.1) is 17.1 Å². The second kappa shape index (κ2) is 6.55. The minimum Gasteiger partial charge on any atom is -0.457 e. The van der Waals surface area contributed by atoms with Gasteiger partial charge in [-0.3, -0.25) is 10.1 Å². The number of halogens is 2. The average molecular weight is 417 g/mol. The summed E-state index contributed by atoms with van der Waals surface area (Å²) in [4.78, 5) is 10.4. The van der Waals surface area contributed by atoms with Crippen LogP contribution in [0.2, 0.25) is 0 Å². The van der Waals surface area contributed by atoms with Crippen molar-refractivity contribution in [1.29, 1.82) is 0 Å². The fraction of sp³-hybridized carbons (Fsp3) is 0.143. The molecule has 5 nitrogen and oxygen atoms in total. The highest BCUT2D eigenvalue weighted by Gasteiger charge is 2.14. The van der Waals surface area contributed by atoms with Gasteiger partial charge in [0.15, 0.2) is 0 Å². The van der Waals surface area contributed by atoms with Gasteiger partial charge in [-0.1, -0.05) is 37.9 Å². The number of ether oxygens (including phenoxy) is 1. The Labute approximate surface area is 138 Å². The number of nitro groups is 1. The second-order valence-electron chi connectivity index (χ2n) is 4.36. The molecule has 21 heavy (non-hydrogen) atoms. The second-order valence-corrected chi connectivity index (χ2v) is 6.19. The number of hydrogen-bond donors (Lipinski definition) is 1. The third-order valence-corrected chi connectivity index (χ3v) is 3.67. The van der Waals surface area contributed by atoms with E-state index >= 15 is 0 Å². The Kier molecular flexibility index (Phi) is 4.97. The Balaban J connectivity index is 2.42. The zero-order valence-electron chi connectivity index (χ0n) is 10.9. The summed E-state index contributed by atoms with van der Waals surface area (Å²) in [5.41, 5.74) is 0.522. The van der Waals surface area contributed by atoms with Crippen LogP contribution in [0.5, 0.6) is 11.5 Å². The van der Waals surface area contributed by atoms with Crippen LogP contribution in [0.15, 0.2) is 45.3 Å². The number of non-ortho nitro benzene ring substituents is 1. The van der Waals surface area contributed by atoms with E-state index in [9.17, 15) is 15.2 Å². The van der Waals surface area contributed by atoms with E-state index in [1.807, 2.05) is 0 Å². The van der Waals surface area contributed by atoms with Crippen LogP contribution in [0.25, 0.3) is 0 Å². The molecular weight excluding hydrogens is 406 g/mol. The van der Waals surface area contributed by atoms with E-state index < -0.39 is 11.0 Å². The van der Waals surface area contributed by atoms with E-state index in [-0.39, 0.29) is 5.69 Å². The van der Waals surface area contributed by atoms with E-state index in [0.717, 1.165) is 4.47 Å². The molecule has 0 aliphatic heterocycles. The summed E-state index contributed by atoms with van der Waals surface area (Å²) < 4.78 is 7.02. The molecule has 0 fully saturated rings. The van der Waals surface area contributed by atoms with Crippen LogP contribution in [-0.4, -0.2) is 10.0 Å². The summed E-state index contributed by atoms with van der Waals surface area (Å²) in [7, 11) is 0. The average Bonchev–Trinajstić information content (AvgIpc) is 2.37. The van der Waals surface area contributed by atoms with Gasteiger partial charge in [-0.15, -0.1) is 0 Å². The van der Waals surface area contributed by atoms with Crippen molar-refractivity contribution in [2.75, 3.05) is 0 Å². The number of hydrogen-bond acceptors (Lipinski definition) is 4. The Morgan fingerprint density at radius 3 is 2.52 bits per heavy atom. The molecule has 0 saturated carbocycles. The standard InChI is InChI=1S/C14H11Br2NO4/c1-8(18)13-3-2-9(15)6-14(13)21-12-5-10(16)4-11(7-12)17(19)20/h2-8,18H,1H3. The fourth-order valence-electron chi connectivity index (χ4n) is 1.78. The summed E-state index contributed by atoms with van der Waals surface area (Å²) in [6.45, 7) is 1.62. The summed E-state index contributed by atoms with van der Waals surface area (Å²) in [5, 5.41) is 20.6. The molecule has 0 spiro atoms. The maximum absolute atomic E-state index is 10.9. The molecule has 0 radical (unpaired) electrons. The van der Waals surface area contributed by atoms with E-state index in [1.54, 1.807) is 31.2 Å². The minimum atomic E-state index is -0.713. The van der Waals surface area contributed by atoms with Gasteiger partial charge in [-0.25, -0.2) is 0 Å². The predicted molar refractivity (Wildman–Crippen MR) is 85.6 cm³/mol.